The highest BCUT2D eigenvalue weighted by atomic mass is 79.9. The average molecular weight is 413 g/mol. The van der Waals surface area contributed by atoms with Gasteiger partial charge in [-0.3, -0.25) is 0 Å². The molecule has 0 saturated heterocycles. The number of rotatable bonds is 6. The quantitative estimate of drug-likeness (QED) is 0.557. The first-order valence-corrected chi connectivity index (χ1v) is 9.49. The largest absolute Gasteiger partial charge is 0.357 e. The van der Waals surface area contributed by atoms with E-state index in [-0.39, 0.29) is 5.82 Å². The summed E-state index contributed by atoms with van der Waals surface area (Å²) in [4.78, 5) is 10.3. The Bertz CT molecular complexity index is 695. The van der Waals surface area contributed by atoms with Crippen molar-refractivity contribution in [2.75, 3.05) is 13.1 Å². The second kappa shape index (κ2) is 9.13. The first kappa shape index (κ1) is 18.9. The lowest BCUT2D eigenvalue weighted by Crippen LogP contribution is -2.38. The third kappa shape index (κ3) is 5.56. The molecule has 0 unspecified atom stereocenters. The molecule has 0 fully saturated rings. The van der Waals surface area contributed by atoms with Crippen LogP contribution in [0.15, 0.2) is 27.7 Å². The highest BCUT2D eigenvalue weighted by Gasteiger charge is 2.05. The minimum absolute atomic E-state index is 0.268. The fourth-order valence-electron chi connectivity index (χ4n) is 2.08. The van der Waals surface area contributed by atoms with Crippen molar-refractivity contribution in [1.82, 2.24) is 15.6 Å². The van der Waals surface area contributed by atoms with Crippen molar-refractivity contribution in [3.8, 4) is 0 Å². The first-order chi connectivity index (χ1) is 11.5. The maximum Gasteiger partial charge on any atom is 0.191 e. The van der Waals surface area contributed by atoms with Crippen LogP contribution in [0.4, 0.5) is 4.39 Å². The Morgan fingerprint density at radius 3 is 2.75 bits per heavy atom. The summed E-state index contributed by atoms with van der Waals surface area (Å²) < 4.78 is 14.0. The van der Waals surface area contributed by atoms with Gasteiger partial charge in [-0.1, -0.05) is 6.07 Å². The van der Waals surface area contributed by atoms with E-state index in [0.29, 0.717) is 11.0 Å². The van der Waals surface area contributed by atoms with Crippen LogP contribution in [0.5, 0.6) is 0 Å². The van der Waals surface area contributed by atoms with Gasteiger partial charge in [0.2, 0.25) is 0 Å². The van der Waals surface area contributed by atoms with Crippen molar-refractivity contribution in [3.05, 3.63) is 49.6 Å². The molecule has 2 rings (SSSR count). The highest BCUT2D eigenvalue weighted by molar-refractivity contribution is 9.10. The Morgan fingerprint density at radius 2 is 2.12 bits per heavy atom. The van der Waals surface area contributed by atoms with E-state index in [1.165, 1.54) is 10.9 Å². The van der Waals surface area contributed by atoms with Crippen molar-refractivity contribution in [2.45, 2.75) is 33.7 Å². The second-order valence-electron chi connectivity index (χ2n) is 5.37. The predicted molar refractivity (Wildman–Crippen MR) is 102 cm³/mol. The molecule has 0 aliphatic carbocycles. The van der Waals surface area contributed by atoms with Crippen LogP contribution in [0, 0.1) is 19.7 Å². The number of aliphatic imine (C=N–C) groups is 1. The Hall–Kier alpha value is -1.47. The Morgan fingerprint density at radius 1 is 1.33 bits per heavy atom. The summed E-state index contributed by atoms with van der Waals surface area (Å²) in [5.74, 6) is 0.459. The number of thiazole rings is 1. The van der Waals surface area contributed by atoms with Gasteiger partial charge in [-0.15, -0.1) is 11.3 Å². The lowest BCUT2D eigenvalue weighted by Gasteiger charge is -2.10. The second-order valence-corrected chi connectivity index (χ2v) is 7.51. The molecule has 0 aliphatic heterocycles. The van der Waals surface area contributed by atoms with E-state index in [0.717, 1.165) is 41.7 Å². The summed E-state index contributed by atoms with van der Waals surface area (Å²) in [6.07, 6.45) is 0.858. The predicted octanol–water partition coefficient (Wildman–Crippen LogP) is 3.96. The number of aromatic nitrogens is 1. The first-order valence-electron chi connectivity index (χ1n) is 7.88. The molecule has 0 aliphatic rings. The van der Waals surface area contributed by atoms with Crippen molar-refractivity contribution >= 4 is 33.2 Å². The monoisotopic (exact) mass is 412 g/mol. The van der Waals surface area contributed by atoms with Gasteiger partial charge >= 0.3 is 0 Å². The number of benzene rings is 1. The van der Waals surface area contributed by atoms with Crippen molar-refractivity contribution in [3.63, 3.8) is 0 Å². The van der Waals surface area contributed by atoms with E-state index in [2.05, 4.69) is 43.5 Å². The summed E-state index contributed by atoms with van der Waals surface area (Å²) in [6, 6.07) is 5.06. The minimum Gasteiger partial charge on any atom is -0.357 e. The lowest BCUT2D eigenvalue weighted by atomic mass is 10.2. The SMILES string of the molecule is CCNC(=NCc1ccc(Br)c(F)c1)NCCc1nc(C)c(C)s1. The minimum atomic E-state index is -0.268. The van der Waals surface area contributed by atoms with Crippen LogP contribution in [0.1, 0.15) is 28.1 Å². The smallest absolute Gasteiger partial charge is 0.191 e. The number of hydrogen-bond donors (Lipinski definition) is 2. The van der Waals surface area contributed by atoms with Crippen LogP contribution >= 0.6 is 27.3 Å². The van der Waals surface area contributed by atoms with Gasteiger partial charge in [-0.2, -0.15) is 0 Å². The molecule has 0 radical (unpaired) electrons. The lowest BCUT2D eigenvalue weighted by molar-refractivity contribution is 0.618. The molecule has 2 N–H and O–H groups in total. The molecule has 1 aromatic carbocycles. The molecule has 7 heteroatoms. The maximum atomic E-state index is 13.5. The van der Waals surface area contributed by atoms with Crippen LogP contribution in [-0.2, 0) is 13.0 Å². The van der Waals surface area contributed by atoms with Crippen molar-refractivity contribution in [1.29, 1.82) is 0 Å². The molecular formula is C17H22BrFN4S. The van der Waals surface area contributed by atoms with Gasteiger partial charge in [0, 0.05) is 24.4 Å². The molecule has 24 heavy (non-hydrogen) atoms. The van der Waals surface area contributed by atoms with Gasteiger partial charge in [0.25, 0.3) is 0 Å². The maximum absolute atomic E-state index is 13.5. The van der Waals surface area contributed by atoms with E-state index in [1.54, 1.807) is 17.4 Å². The zero-order valence-electron chi connectivity index (χ0n) is 14.1. The molecule has 0 spiro atoms. The summed E-state index contributed by atoms with van der Waals surface area (Å²) in [7, 11) is 0. The summed E-state index contributed by atoms with van der Waals surface area (Å²) in [5, 5.41) is 7.63. The third-order valence-electron chi connectivity index (χ3n) is 3.45. The van der Waals surface area contributed by atoms with Gasteiger partial charge in [0.15, 0.2) is 5.96 Å². The molecule has 0 saturated carbocycles. The summed E-state index contributed by atoms with van der Waals surface area (Å²) in [5.41, 5.74) is 1.94. The Kier molecular flexibility index (Phi) is 7.17. The molecule has 0 amide bonds. The highest BCUT2D eigenvalue weighted by Crippen LogP contribution is 2.17. The van der Waals surface area contributed by atoms with E-state index in [9.17, 15) is 4.39 Å². The van der Waals surface area contributed by atoms with E-state index < -0.39 is 0 Å². The van der Waals surface area contributed by atoms with Crippen LogP contribution in [0.25, 0.3) is 0 Å². The zero-order chi connectivity index (χ0) is 17.5. The van der Waals surface area contributed by atoms with Crippen molar-refractivity contribution < 1.29 is 4.39 Å². The average Bonchev–Trinajstić information content (AvgIpc) is 2.86. The standard InChI is InChI=1S/C17H22BrFN4S/c1-4-20-17(21-8-7-16-23-11(2)12(3)24-16)22-10-13-5-6-14(18)15(19)9-13/h5-6,9H,4,7-8,10H2,1-3H3,(H2,20,21,22). The number of nitrogens with zero attached hydrogens (tertiary/aromatic N) is 2. The fourth-order valence-corrected chi connectivity index (χ4v) is 3.26. The van der Waals surface area contributed by atoms with E-state index in [4.69, 9.17) is 0 Å². The Labute approximate surface area is 154 Å². The molecule has 0 bridgehead atoms. The van der Waals surface area contributed by atoms with Crippen LogP contribution in [0.3, 0.4) is 0 Å². The topological polar surface area (TPSA) is 49.3 Å². The van der Waals surface area contributed by atoms with Crippen LogP contribution in [0.2, 0.25) is 0 Å². The molecule has 2 aromatic rings. The third-order valence-corrected chi connectivity index (χ3v) is 5.23. The molecule has 0 atom stereocenters. The Balaban J connectivity index is 1.91. The summed E-state index contributed by atoms with van der Waals surface area (Å²) in [6.45, 7) is 8.10. The van der Waals surface area contributed by atoms with Gasteiger partial charge in [-0.05, 0) is 54.4 Å². The number of aryl methyl sites for hydroxylation is 2. The van der Waals surface area contributed by atoms with E-state index in [1.807, 2.05) is 19.9 Å². The van der Waals surface area contributed by atoms with Gasteiger partial charge < -0.3 is 10.6 Å². The van der Waals surface area contributed by atoms with Crippen LogP contribution in [-0.4, -0.2) is 24.0 Å². The van der Waals surface area contributed by atoms with Gasteiger partial charge in [0.1, 0.15) is 5.82 Å². The number of guanidine groups is 1. The van der Waals surface area contributed by atoms with E-state index >= 15 is 0 Å². The number of hydrogen-bond acceptors (Lipinski definition) is 3. The number of halogens is 2. The normalized spacial score (nSPS) is 11.6. The van der Waals surface area contributed by atoms with Gasteiger partial charge in [-0.25, -0.2) is 14.4 Å². The van der Waals surface area contributed by atoms with Crippen LogP contribution < -0.4 is 10.6 Å². The summed E-state index contributed by atoms with van der Waals surface area (Å²) >= 11 is 4.89. The molecule has 4 nitrogen and oxygen atoms in total. The van der Waals surface area contributed by atoms with Crippen molar-refractivity contribution in [2.24, 2.45) is 4.99 Å². The fraction of sp³-hybridized carbons (Fsp3) is 0.412. The molecular weight excluding hydrogens is 391 g/mol. The number of nitrogens with one attached hydrogen (secondary N) is 2. The molecule has 130 valence electrons. The molecule has 1 heterocycles. The van der Waals surface area contributed by atoms with Gasteiger partial charge in [0.05, 0.1) is 21.7 Å². The zero-order valence-corrected chi connectivity index (χ0v) is 16.5. The molecule has 1 aromatic heterocycles.